The highest BCUT2D eigenvalue weighted by atomic mass is 16.5. The second kappa shape index (κ2) is 5.12. The van der Waals surface area contributed by atoms with Crippen LogP contribution in [0.1, 0.15) is 5.56 Å². The second-order valence-electron chi connectivity index (χ2n) is 3.43. The lowest BCUT2D eigenvalue weighted by Crippen LogP contribution is -2.12. The molecule has 0 saturated carbocycles. The first kappa shape index (κ1) is 11.1. The maximum Gasteiger partial charge on any atom is 0.131 e. The largest absolute Gasteiger partial charge is 0.497 e. The second-order valence-corrected chi connectivity index (χ2v) is 3.43. The van der Waals surface area contributed by atoms with Crippen molar-refractivity contribution in [3.05, 3.63) is 54.4 Å². The lowest BCUT2D eigenvalue weighted by atomic mass is 10.2. The zero-order chi connectivity index (χ0) is 12.1. The van der Waals surface area contributed by atoms with Gasteiger partial charge in [-0.1, -0.05) is 0 Å². The molecule has 0 amide bonds. The van der Waals surface area contributed by atoms with Gasteiger partial charge >= 0.3 is 0 Å². The maximum atomic E-state index is 5.89. The highest BCUT2D eigenvalue weighted by Crippen LogP contribution is 2.18. The molecule has 0 saturated heterocycles. The molecule has 4 nitrogen and oxygen atoms in total. The summed E-state index contributed by atoms with van der Waals surface area (Å²) < 4.78 is 5.07. The van der Waals surface area contributed by atoms with Crippen LogP contribution in [0.5, 0.6) is 5.75 Å². The fourth-order valence-electron chi connectivity index (χ4n) is 1.38. The van der Waals surface area contributed by atoms with E-state index in [4.69, 9.17) is 10.5 Å². The first-order valence-corrected chi connectivity index (χ1v) is 5.18. The van der Waals surface area contributed by atoms with E-state index in [1.165, 1.54) is 0 Å². The van der Waals surface area contributed by atoms with Gasteiger partial charge in [0.25, 0.3) is 0 Å². The van der Waals surface area contributed by atoms with Crippen LogP contribution in [0.3, 0.4) is 0 Å². The predicted octanol–water partition coefficient (Wildman–Crippen LogP) is 2.13. The number of hydrogen-bond donors (Lipinski definition) is 1. The SMILES string of the molecule is COc1ccc(N=C(N)c2ccncc2)cc1. The van der Waals surface area contributed by atoms with Crippen LogP contribution in [0, 0.1) is 0 Å². The van der Waals surface area contributed by atoms with Crippen LogP contribution >= 0.6 is 0 Å². The van der Waals surface area contributed by atoms with E-state index >= 15 is 0 Å². The lowest BCUT2D eigenvalue weighted by Gasteiger charge is -2.02. The number of rotatable bonds is 3. The normalized spacial score (nSPS) is 11.2. The zero-order valence-corrected chi connectivity index (χ0v) is 9.50. The molecule has 1 heterocycles. The quantitative estimate of drug-likeness (QED) is 0.645. The molecule has 0 aliphatic heterocycles. The molecule has 1 aromatic heterocycles. The number of hydrogen-bond acceptors (Lipinski definition) is 3. The number of pyridine rings is 1. The van der Waals surface area contributed by atoms with E-state index in [1.807, 2.05) is 36.4 Å². The minimum absolute atomic E-state index is 0.470. The summed E-state index contributed by atoms with van der Waals surface area (Å²) in [4.78, 5) is 8.25. The summed E-state index contributed by atoms with van der Waals surface area (Å²) in [6.45, 7) is 0. The number of amidine groups is 1. The molecule has 0 atom stereocenters. The van der Waals surface area contributed by atoms with Crippen LogP contribution in [0.4, 0.5) is 5.69 Å². The maximum absolute atomic E-state index is 5.89. The standard InChI is InChI=1S/C13H13N3O/c1-17-12-4-2-11(3-5-12)16-13(14)10-6-8-15-9-7-10/h2-9H,1H3,(H2,14,16). The molecular formula is C13H13N3O. The van der Waals surface area contributed by atoms with E-state index in [-0.39, 0.29) is 0 Å². The zero-order valence-electron chi connectivity index (χ0n) is 9.50. The monoisotopic (exact) mass is 227 g/mol. The third kappa shape index (κ3) is 2.81. The Morgan fingerprint density at radius 2 is 1.76 bits per heavy atom. The summed E-state index contributed by atoms with van der Waals surface area (Å²) in [7, 11) is 1.63. The highest BCUT2D eigenvalue weighted by Gasteiger charge is 1.98. The topological polar surface area (TPSA) is 60.5 Å². The first-order valence-electron chi connectivity index (χ1n) is 5.18. The lowest BCUT2D eigenvalue weighted by molar-refractivity contribution is 0.415. The molecule has 2 N–H and O–H groups in total. The summed E-state index contributed by atoms with van der Waals surface area (Å²) in [5, 5.41) is 0. The molecule has 2 rings (SSSR count). The molecule has 4 heteroatoms. The Bertz CT molecular complexity index is 506. The van der Waals surface area contributed by atoms with Crippen LogP contribution in [0.15, 0.2) is 53.8 Å². The van der Waals surface area contributed by atoms with Crippen molar-refractivity contribution in [2.75, 3.05) is 7.11 Å². The number of nitrogens with two attached hydrogens (primary N) is 1. The Morgan fingerprint density at radius 3 is 2.35 bits per heavy atom. The van der Waals surface area contributed by atoms with Crippen molar-refractivity contribution in [1.82, 2.24) is 4.98 Å². The molecule has 0 aliphatic carbocycles. The van der Waals surface area contributed by atoms with Gasteiger partial charge in [-0.2, -0.15) is 0 Å². The fraction of sp³-hybridized carbons (Fsp3) is 0.0769. The van der Waals surface area contributed by atoms with Crippen molar-refractivity contribution >= 4 is 11.5 Å². The van der Waals surface area contributed by atoms with E-state index in [1.54, 1.807) is 19.5 Å². The van der Waals surface area contributed by atoms with Crippen molar-refractivity contribution in [2.45, 2.75) is 0 Å². The number of ether oxygens (including phenoxy) is 1. The van der Waals surface area contributed by atoms with E-state index < -0.39 is 0 Å². The molecule has 0 bridgehead atoms. The van der Waals surface area contributed by atoms with Gasteiger partial charge in [-0.05, 0) is 36.4 Å². The van der Waals surface area contributed by atoms with Gasteiger partial charge < -0.3 is 10.5 Å². The van der Waals surface area contributed by atoms with Gasteiger partial charge in [0.15, 0.2) is 0 Å². The van der Waals surface area contributed by atoms with Crippen molar-refractivity contribution in [2.24, 2.45) is 10.7 Å². The Kier molecular flexibility index (Phi) is 3.35. The minimum Gasteiger partial charge on any atom is -0.497 e. The summed E-state index contributed by atoms with van der Waals surface area (Å²) in [5.74, 6) is 1.27. The number of nitrogens with zero attached hydrogens (tertiary/aromatic N) is 2. The van der Waals surface area contributed by atoms with E-state index in [0.29, 0.717) is 5.84 Å². The van der Waals surface area contributed by atoms with Crippen LogP contribution in [0.25, 0.3) is 0 Å². The molecule has 0 fully saturated rings. The summed E-state index contributed by atoms with van der Waals surface area (Å²) >= 11 is 0. The Hall–Kier alpha value is -2.36. The highest BCUT2D eigenvalue weighted by molar-refractivity contribution is 5.98. The van der Waals surface area contributed by atoms with Gasteiger partial charge in [0.2, 0.25) is 0 Å². The molecule has 0 aliphatic rings. The molecule has 0 radical (unpaired) electrons. The average molecular weight is 227 g/mol. The fourth-order valence-corrected chi connectivity index (χ4v) is 1.38. The third-order valence-corrected chi connectivity index (χ3v) is 2.30. The van der Waals surface area contributed by atoms with Crippen molar-refractivity contribution in [3.63, 3.8) is 0 Å². The van der Waals surface area contributed by atoms with E-state index in [9.17, 15) is 0 Å². The van der Waals surface area contributed by atoms with Gasteiger partial charge in [-0.25, -0.2) is 4.99 Å². The van der Waals surface area contributed by atoms with E-state index in [2.05, 4.69) is 9.98 Å². The molecule has 86 valence electrons. The number of aromatic nitrogens is 1. The van der Waals surface area contributed by atoms with Crippen molar-refractivity contribution in [3.8, 4) is 5.75 Å². The Labute approximate surface area is 99.8 Å². The summed E-state index contributed by atoms with van der Waals surface area (Å²) in [5.41, 5.74) is 7.54. The molecule has 0 unspecified atom stereocenters. The molecule has 0 spiro atoms. The Morgan fingerprint density at radius 1 is 1.12 bits per heavy atom. The predicted molar refractivity (Wildman–Crippen MR) is 67.6 cm³/mol. The van der Waals surface area contributed by atoms with E-state index in [0.717, 1.165) is 17.0 Å². The summed E-state index contributed by atoms with van der Waals surface area (Å²) in [6.07, 6.45) is 3.37. The first-order chi connectivity index (χ1) is 8.29. The number of methoxy groups -OCH3 is 1. The van der Waals surface area contributed by atoms with Crippen LogP contribution < -0.4 is 10.5 Å². The minimum atomic E-state index is 0.470. The van der Waals surface area contributed by atoms with Crippen LogP contribution in [0.2, 0.25) is 0 Å². The van der Waals surface area contributed by atoms with Crippen molar-refractivity contribution < 1.29 is 4.74 Å². The molecule has 17 heavy (non-hydrogen) atoms. The average Bonchev–Trinajstić information content (AvgIpc) is 2.40. The Balaban J connectivity index is 2.23. The number of benzene rings is 1. The smallest absolute Gasteiger partial charge is 0.131 e. The van der Waals surface area contributed by atoms with Crippen molar-refractivity contribution in [1.29, 1.82) is 0 Å². The molecule has 2 aromatic rings. The van der Waals surface area contributed by atoms with Gasteiger partial charge in [-0.15, -0.1) is 0 Å². The van der Waals surface area contributed by atoms with Gasteiger partial charge in [0, 0.05) is 18.0 Å². The van der Waals surface area contributed by atoms with Crippen LogP contribution in [-0.4, -0.2) is 17.9 Å². The summed E-state index contributed by atoms with van der Waals surface area (Å²) in [6, 6.07) is 11.0. The third-order valence-electron chi connectivity index (χ3n) is 2.30. The number of aliphatic imine (C=N–C) groups is 1. The van der Waals surface area contributed by atoms with Gasteiger partial charge in [0.05, 0.1) is 12.8 Å². The molecular weight excluding hydrogens is 214 g/mol. The van der Waals surface area contributed by atoms with Gasteiger partial charge in [0.1, 0.15) is 11.6 Å². The van der Waals surface area contributed by atoms with Crippen LogP contribution in [-0.2, 0) is 0 Å². The van der Waals surface area contributed by atoms with Gasteiger partial charge in [-0.3, -0.25) is 4.98 Å². The molecule has 1 aromatic carbocycles.